The number of nitrogens with zero attached hydrogens (tertiary/aromatic N) is 1. The fraction of sp³-hybridized carbons (Fsp3) is 0.353. The van der Waals surface area contributed by atoms with E-state index in [1.165, 1.54) is 4.90 Å². The molecule has 8 heteroatoms. The first kappa shape index (κ1) is 17.8. The Bertz CT molecular complexity index is 769. The van der Waals surface area contributed by atoms with E-state index in [9.17, 15) is 9.59 Å². The molecule has 1 aliphatic carbocycles. The molecule has 0 aliphatic heterocycles. The smallest absolute Gasteiger partial charge is 0.273 e. The van der Waals surface area contributed by atoms with Crippen molar-refractivity contribution in [2.75, 3.05) is 18.5 Å². The second-order valence-electron chi connectivity index (χ2n) is 5.96. The van der Waals surface area contributed by atoms with Crippen molar-refractivity contribution in [1.29, 1.82) is 0 Å². The zero-order valence-corrected chi connectivity index (χ0v) is 15.5. The minimum atomic E-state index is -0.315. The number of amides is 2. The first-order valence-electron chi connectivity index (χ1n) is 8.03. The average Bonchev–Trinajstić information content (AvgIpc) is 3.38. The fourth-order valence-electron chi connectivity index (χ4n) is 2.27. The number of rotatable bonds is 7. The van der Waals surface area contributed by atoms with Gasteiger partial charge in [0.05, 0.1) is 5.69 Å². The van der Waals surface area contributed by atoms with Crippen molar-refractivity contribution < 1.29 is 9.59 Å². The number of nitrogens with two attached hydrogens (primary N) is 1. The van der Waals surface area contributed by atoms with Crippen LogP contribution in [-0.2, 0) is 6.54 Å². The molecule has 1 saturated carbocycles. The normalized spacial score (nSPS) is 13.5. The van der Waals surface area contributed by atoms with Gasteiger partial charge in [-0.15, -0.1) is 11.8 Å². The molecular weight excluding hydrogens is 356 g/mol. The lowest BCUT2D eigenvalue weighted by molar-refractivity contribution is 0.0947. The molecule has 25 heavy (non-hydrogen) atoms. The monoisotopic (exact) mass is 376 g/mol. The number of carbonyl (C=O) groups is 2. The molecule has 0 saturated heterocycles. The van der Waals surface area contributed by atoms with Crippen molar-refractivity contribution in [2.45, 2.75) is 24.3 Å². The van der Waals surface area contributed by atoms with Gasteiger partial charge >= 0.3 is 0 Å². The molecule has 0 unspecified atom stereocenters. The number of hydrogen-bond donors (Lipinski definition) is 3. The Kier molecular flexibility index (Phi) is 5.60. The molecule has 1 aromatic carbocycles. The lowest BCUT2D eigenvalue weighted by Crippen LogP contribution is -2.27. The van der Waals surface area contributed by atoms with E-state index in [1.807, 2.05) is 30.5 Å². The van der Waals surface area contributed by atoms with E-state index >= 15 is 0 Å². The van der Waals surface area contributed by atoms with Crippen molar-refractivity contribution in [1.82, 2.24) is 15.0 Å². The minimum Gasteiger partial charge on any atom is -0.395 e. The Balaban J connectivity index is 1.58. The van der Waals surface area contributed by atoms with E-state index in [2.05, 4.69) is 15.0 Å². The van der Waals surface area contributed by atoms with Gasteiger partial charge in [-0.3, -0.25) is 9.59 Å². The van der Waals surface area contributed by atoms with Crippen LogP contribution in [0.25, 0.3) is 0 Å². The molecule has 1 fully saturated rings. The van der Waals surface area contributed by atoms with Gasteiger partial charge < -0.3 is 16.4 Å². The van der Waals surface area contributed by atoms with Crippen molar-refractivity contribution >= 4 is 40.8 Å². The Morgan fingerprint density at radius 2 is 1.96 bits per heavy atom. The lowest BCUT2D eigenvalue weighted by atomic mass is 10.2. The maximum Gasteiger partial charge on any atom is 0.273 e. The van der Waals surface area contributed by atoms with Gasteiger partial charge in [0.2, 0.25) is 0 Å². The van der Waals surface area contributed by atoms with Gasteiger partial charge in [0.15, 0.2) is 5.69 Å². The van der Waals surface area contributed by atoms with Gasteiger partial charge in [0.1, 0.15) is 4.88 Å². The minimum absolute atomic E-state index is 0.139. The molecule has 132 valence electrons. The molecule has 1 aromatic heterocycles. The standard InChI is InChI=1S/C17H20N4O2S2/c1-24-12-6-4-11(5-7-12)9-20-17(23)15-13(18)14(21-25-15)16(22)19-8-10-2-3-10/h4-7,10H,2-3,8-9,18H2,1H3,(H,19,22)(H,20,23). The highest BCUT2D eigenvalue weighted by Gasteiger charge is 2.25. The average molecular weight is 377 g/mol. The van der Waals surface area contributed by atoms with Crippen molar-refractivity contribution in [2.24, 2.45) is 5.92 Å². The van der Waals surface area contributed by atoms with Gasteiger partial charge in [0.25, 0.3) is 11.8 Å². The first-order chi connectivity index (χ1) is 12.1. The third-order valence-corrected chi connectivity index (χ3v) is 5.61. The maximum absolute atomic E-state index is 12.3. The molecule has 0 spiro atoms. The number of thioether (sulfide) groups is 1. The maximum atomic E-state index is 12.3. The van der Waals surface area contributed by atoms with Crippen molar-refractivity contribution in [3.63, 3.8) is 0 Å². The lowest BCUT2D eigenvalue weighted by Gasteiger charge is -2.06. The van der Waals surface area contributed by atoms with Crippen LogP contribution < -0.4 is 16.4 Å². The van der Waals surface area contributed by atoms with Crippen LogP contribution in [0.2, 0.25) is 0 Å². The summed E-state index contributed by atoms with van der Waals surface area (Å²) in [6.07, 6.45) is 4.32. The molecule has 1 heterocycles. The highest BCUT2D eigenvalue weighted by Crippen LogP contribution is 2.28. The third kappa shape index (κ3) is 4.52. The van der Waals surface area contributed by atoms with Crippen molar-refractivity contribution in [3.8, 4) is 0 Å². The zero-order valence-electron chi connectivity index (χ0n) is 13.9. The number of nitrogen functional groups attached to an aromatic ring is 1. The number of nitrogens with one attached hydrogen (secondary N) is 2. The third-order valence-electron chi connectivity index (χ3n) is 4.01. The summed E-state index contributed by atoms with van der Waals surface area (Å²) in [4.78, 5) is 25.9. The van der Waals surface area contributed by atoms with Crippen LogP contribution in [0.15, 0.2) is 29.2 Å². The molecule has 0 radical (unpaired) electrons. The Labute approximate surface area is 154 Å². The molecular formula is C17H20N4O2S2. The number of aromatic nitrogens is 1. The highest BCUT2D eigenvalue weighted by molar-refractivity contribution is 7.98. The summed E-state index contributed by atoms with van der Waals surface area (Å²) < 4.78 is 4.05. The van der Waals surface area contributed by atoms with Gasteiger partial charge in [0, 0.05) is 18.0 Å². The van der Waals surface area contributed by atoms with Crippen LogP contribution >= 0.6 is 23.3 Å². The van der Waals surface area contributed by atoms with Gasteiger partial charge in [-0.25, -0.2) is 0 Å². The molecule has 6 nitrogen and oxygen atoms in total. The molecule has 3 rings (SSSR count). The van der Waals surface area contributed by atoms with Crippen LogP contribution in [0.5, 0.6) is 0 Å². The summed E-state index contributed by atoms with van der Waals surface area (Å²) in [6.45, 7) is 1.04. The predicted molar refractivity (Wildman–Crippen MR) is 101 cm³/mol. The van der Waals surface area contributed by atoms with Crippen LogP contribution in [-0.4, -0.2) is 29.0 Å². The van der Waals surface area contributed by atoms with Crippen LogP contribution in [0.4, 0.5) is 5.69 Å². The molecule has 4 N–H and O–H groups in total. The van der Waals surface area contributed by atoms with Crippen molar-refractivity contribution in [3.05, 3.63) is 40.4 Å². The number of benzene rings is 1. The summed E-state index contributed by atoms with van der Waals surface area (Å²) in [6, 6.07) is 7.96. The van der Waals surface area contributed by atoms with E-state index < -0.39 is 0 Å². The van der Waals surface area contributed by atoms with E-state index in [0.29, 0.717) is 19.0 Å². The number of carbonyl (C=O) groups excluding carboxylic acids is 2. The molecule has 1 aliphatic rings. The van der Waals surface area contributed by atoms with E-state index in [4.69, 9.17) is 5.73 Å². The highest BCUT2D eigenvalue weighted by atomic mass is 32.2. The first-order valence-corrected chi connectivity index (χ1v) is 10.0. The SMILES string of the molecule is CSc1ccc(CNC(=O)c2snc(C(=O)NCC3CC3)c2N)cc1. The topological polar surface area (TPSA) is 97.1 Å². The summed E-state index contributed by atoms with van der Waals surface area (Å²) in [5.41, 5.74) is 7.24. The second-order valence-corrected chi connectivity index (χ2v) is 7.61. The molecule has 2 amide bonds. The Morgan fingerprint density at radius 1 is 1.24 bits per heavy atom. The largest absolute Gasteiger partial charge is 0.395 e. The van der Waals surface area contributed by atoms with Gasteiger partial charge in [-0.1, -0.05) is 12.1 Å². The quantitative estimate of drug-likeness (QED) is 0.645. The van der Waals surface area contributed by atoms with Crippen LogP contribution in [0.3, 0.4) is 0 Å². The predicted octanol–water partition coefficient (Wildman–Crippen LogP) is 2.52. The molecule has 0 bridgehead atoms. The zero-order chi connectivity index (χ0) is 17.8. The van der Waals surface area contributed by atoms with E-state index in [0.717, 1.165) is 29.9 Å². The molecule has 0 atom stereocenters. The number of hydrogen-bond acceptors (Lipinski definition) is 6. The summed E-state index contributed by atoms with van der Waals surface area (Å²) >= 11 is 2.62. The van der Waals surface area contributed by atoms with Crippen LogP contribution in [0.1, 0.15) is 38.6 Å². The summed E-state index contributed by atoms with van der Waals surface area (Å²) in [7, 11) is 0. The Hall–Kier alpha value is -2.06. The fourth-order valence-corrected chi connectivity index (χ4v) is 3.40. The second kappa shape index (κ2) is 7.88. The summed E-state index contributed by atoms with van der Waals surface area (Å²) in [5.74, 6) is -0.0541. The van der Waals surface area contributed by atoms with E-state index in [-0.39, 0.29) is 28.1 Å². The number of anilines is 1. The van der Waals surface area contributed by atoms with Gasteiger partial charge in [-0.05, 0) is 54.2 Å². The Morgan fingerprint density at radius 3 is 2.60 bits per heavy atom. The van der Waals surface area contributed by atoms with Gasteiger partial charge in [-0.2, -0.15) is 4.37 Å². The van der Waals surface area contributed by atoms with Crippen LogP contribution in [0, 0.1) is 5.92 Å². The van der Waals surface area contributed by atoms with E-state index in [1.54, 1.807) is 11.8 Å². The molecule has 2 aromatic rings. The summed E-state index contributed by atoms with van der Waals surface area (Å²) in [5, 5.41) is 5.63.